The molecule has 0 bridgehead atoms. The maximum atomic E-state index is 12.9. The van der Waals surface area contributed by atoms with Crippen molar-refractivity contribution >= 4 is 33.4 Å². The predicted molar refractivity (Wildman–Crippen MR) is 141 cm³/mol. The number of hydrogen-bond donors (Lipinski definition) is 2. The van der Waals surface area contributed by atoms with Crippen molar-refractivity contribution in [2.45, 2.75) is 31.6 Å². The summed E-state index contributed by atoms with van der Waals surface area (Å²) in [6, 6.07) is 13.4. The van der Waals surface area contributed by atoms with Crippen molar-refractivity contribution in [3.63, 3.8) is 0 Å². The third kappa shape index (κ3) is 5.62. The Bertz CT molecular complexity index is 1510. The minimum Gasteiger partial charge on any atom is -0.355 e. The molecule has 3 aromatic heterocycles. The van der Waals surface area contributed by atoms with Gasteiger partial charge >= 0.3 is 0 Å². The molecule has 0 aliphatic carbocycles. The van der Waals surface area contributed by atoms with Gasteiger partial charge < -0.3 is 10.2 Å². The van der Waals surface area contributed by atoms with Crippen molar-refractivity contribution in [1.29, 1.82) is 0 Å². The van der Waals surface area contributed by atoms with E-state index in [0.717, 1.165) is 17.2 Å². The molecule has 4 aromatic rings. The van der Waals surface area contributed by atoms with Crippen LogP contribution in [-0.2, 0) is 14.8 Å². The van der Waals surface area contributed by atoms with Crippen LogP contribution < -0.4 is 14.9 Å². The summed E-state index contributed by atoms with van der Waals surface area (Å²) < 4.78 is 29.2. The van der Waals surface area contributed by atoms with E-state index in [1.165, 1.54) is 24.5 Å². The minimum atomic E-state index is -3.84. The number of sulfonamides is 1. The molecular formula is C25H27N9O3S. The first-order valence-corrected chi connectivity index (χ1v) is 13.6. The van der Waals surface area contributed by atoms with Gasteiger partial charge in [0.15, 0.2) is 11.6 Å². The Balaban J connectivity index is 1.14. The molecule has 1 fully saturated rings. The highest BCUT2D eigenvalue weighted by atomic mass is 32.2. The highest BCUT2D eigenvalue weighted by molar-refractivity contribution is 7.92. The molecule has 38 heavy (non-hydrogen) atoms. The summed E-state index contributed by atoms with van der Waals surface area (Å²) >= 11 is 0. The molecule has 1 aliphatic heterocycles. The van der Waals surface area contributed by atoms with Crippen LogP contribution in [0, 0.1) is 19.8 Å². The van der Waals surface area contributed by atoms with E-state index in [9.17, 15) is 13.2 Å². The smallest absolute Gasteiger partial charge is 0.264 e. The third-order valence-electron chi connectivity index (χ3n) is 6.28. The molecule has 2 N–H and O–H groups in total. The average Bonchev–Trinajstić information content (AvgIpc) is 3.27. The number of aromatic nitrogens is 6. The summed E-state index contributed by atoms with van der Waals surface area (Å²) in [5.74, 6) is 1.16. The van der Waals surface area contributed by atoms with E-state index in [0.29, 0.717) is 37.4 Å². The fraction of sp³-hybridized carbons (Fsp3) is 0.280. The van der Waals surface area contributed by atoms with Gasteiger partial charge in [0.2, 0.25) is 11.9 Å². The van der Waals surface area contributed by atoms with E-state index in [1.54, 1.807) is 22.9 Å². The molecule has 0 atom stereocenters. The topological polar surface area (TPSA) is 148 Å². The molecule has 196 valence electrons. The SMILES string of the molecule is Cc1cc(C)n(-c2ccc(N3CCC(C(=O)Nc4ccc(S(=O)(=O)Nc5ncccn5)cc4)CC3)nn2)n1. The number of anilines is 3. The Kier molecular flexibility index (Phi) is 7.01. The van der Waals surface area contributed by atoms with Crippen molar-refractivity contribution in [2.75, 3.05) is 28.0 Å². The van der Waals surface area contributed by atoms with E-state index in [4.69, 9.17) is 0 Å². The van der Waals surface area contributed by atoms with Crippen LogP contribution in [-0.4, -0.2) is 57.4 Å². The van der Waals surface area contributed by atoms with Crippen LogP contribution in [0.1, 0.15) is 24.2 Å². The maximum Gasteiger partial charge on any atom is 0.264 e. The molecule has 0 saturated carbocycles. The highest BCUT2D eigenvalue weighted by Gasteiger charge is 2.26. The van der Waals surface area contributed by atoms with Crippen LogP contribution >= 0.6 is 0 Å². The first-order chi connectivity index (χ1) is 18.3. The molecule has 13 heteroatoms. The molecular weight excluding hydrogens is 506 g/mol. The summed E-state index contributed by atoms with van der Waals surface area (Å²) in [4.78, 5) is 22.8. The Hall–Kier alpha value is -4.39. The Morgan fingerprint density at radius 2 is 1.61 bits per heavy atom. The van der Waals surface area contributed by atoms with Crippen molar-refractivity contribution in [3.8, 4) is 5.82 Å². The maximum absolute atomic E-state index is 12.9. The fourth-order valence-corrected chi connectivity index (χ4v) is 5.28. The number of rotatable bonds is 7. The van der Waals surface area contributed by atoms with Gasteiger partial charge in [-0.1, -0.05) is 0 Å². The van der Waals surface area contributed by atoms with Gasteiger partial charge in [-0.3, -0.25) is 4.79 Å². The molecule has 0 unspecified atom stereocenters. The summed E-state index contributed by atoms with van der Waals surface area (Å²) in [5.41, 5.74) is 2.44. The molecule has 1 aromatic carbocycles. The number of aryl methyl sites for hydroxylation is 2. The molecule has 1 saturated heterocycles. The zero-order valence-corrected chi connectivity index (χ0v) is 21.8. The second-order valence-electron chi connectivity index (χ2n) is 9.04. The van der Waals surface area contributed by atoms with E-state index in [1.807, 2.05) is 32.0 Å². The minimum absolute atomic E-state index is 0.0127. The zero-order chi connectivity index (χ0) is 26.7. The number of carbonyl (C=O) groups excluding carboxylic acids is 1. The van der Waals surface area contributed by atoms with Gasteiger partial charge in [-0.05, 0) is 75.2 Å². The summed E-state index contributed by atoms with van der Waals surface area (Å²) in [6.45, 7) is 5.26. The van der Waals surface area contributed by atoms with Crippen molar-refractivity contribution in [3.05, 3.63) is 72.3 Å². The number of nitrogens with one attached hydrogen (secondary N) is 2. The van der Waals surface area contributed by atoms with Crippen molar-refractivity contribution in [1.82, 2.24) is 29.9 Å². The molecule has 12 nitrogen and oxygen atoms in total. The fourth-order valence-electron chi connectivity index (χ4n) is 4.32. The lowest BCUT2D eigenvalue weighted by Gasteiger charge is -2.31. The van der Waals surface area contributed by atoms with Crippen LogP contribution in [0.2, 0.25) is 0 Å². The summed E-state index contributed by atoms with van der Waals surface area (Å²) in [5, 5.41) is 16.0. The van der Waals surface area contributed by atoms with Gasteiger partial charge in [0, 0.05) is 42.8 Å². The van der Waals surface area contributed by atoms with E-state index < -0.39 is 10.0 Å². The number of hydrogen-bond acceptors (Lipinski definition) is 9. The van der Waals surface area contributed by atoms with Gasteiger partial charge in [-0.2, -0.15) is 5.10 Å². The summed E-state index contributed by atoms with van der Waals surface area (Å²) in [7, 11) is -3.84. The number of amides is 1. The Morgan fingerprint density at radius 3 is 2.21 bits per heavy atom. The number of benzene rings is 1. The first kappa shape index (κ1) is 25.3. The van der Waals surface area contributed by atoms with E-state index in [-0.39, 0.29) is 22.7 Å². The van der Waals surface area contributed by atoms with E-state index >= 15 is 0 Å². The van der Waals surface area contributed by atoms with E-state index in [2.05, 4.69) is 40.2 Å². The second-order valence-corrected chi connectivity index (χ2v) is 10.7. The highest BCUT2D eigenvalue weighted by Crippen LogP contribution is 2.24. The zero-order valence-electron chi connectivity index (χ0n) is 20.9. The number of nitrogens with zero attached hydrogens (tertiary/aromatic N) is 7. The van der Waals surface area contributed by atoms with Gasteiger partial charge in [-0.15, -0.1) is 10.2 Å². The average molecular weight is 534 g/mol. The van der Waals surface area contributed by atoms with Crippen molar-refractivity contribution < 1.29 is 13.2 Å². The lowest BCUT2D eigenvalue weighted by atomic mass is 9.96. The first-order valence-electron chi connectivity index (χ1n) is 12.1. The van der Waals surface area contributed by atoms with Crippen LogP contribution in [0.3, 0.4) is 0 Å². The van der Waals surface area contributed by atoms with Crippen LogP contribution in [0.15, 0.2) is 65.8 Å². The quantitative estimate of drug-likeness (QED) is 0.366. The van der Waals surface area contributed by atoms with Gasteiger partial charge in [0.05, 0.1) is 10.6 Å². The second kappa shape index (κ2) is 10.5. The Labute approximate surface area is 220 Å². The van der Waals surface area contributed by atoms with Crippen LogP contribution in [0.25, 0.3) is 5.82 Å². The van der Waals surface area contributed by atoms with Crippen LogP contribution in [0.4, 0.5) is 17.5 Å². The normalized spacial score (nSPS) is 14.3. The molecule has 0 radical (unpaired) electrons. The Morgan fingerprint density at radius 1 is 0.947 bits per heavy atom. The molecule has 4 heterocycles. The molecule has 0 spiro atoms. The molecule has 5 rings (SSSR count). The monoisotopic (exact) mass is 533 g/mol. The van der Waals surface area contributed by atoms with Gasteiger partial charge in [0.1, 0.15) is 0 Å². The number of piperidine rings is 1. The summed E-state index contributed by atoms with van der Waals surface area (Å²) in [6.07, 6.45) is 4.23. The van der Waals surface area contributed by atoms with Crippen molar-refractivity contribution in [2.24, 2.45) is 5.92 Å². The predicted octanol–water partition coefficient (Wildman–Crippen LogP) is 2.73. The standard InChI is InChI=1S/C25H27N9O3S/c1-17-16-18(2)34(31-17)23-9-8-22(29-30-23)33-14-10-19(11-15-33)24(35)28-20-4-6-21(7-5-20)38(36,37)32-25-26-12-3-13-27-25/h3-9,12-13,16,19H,10-11,14-15H2,1-2H3,(H,28,35)(H,26,27,32). The largest absolute Gasteiger partial charge is 0.355 e. The number of carbonyl (C=O) groups is 1. The molecule has 1 aliphatic rings. The lowest BCUT2D eigenvalue weighted by Crippen LogP contribution is -2.38. The lowest BCUT2D eigenvalue weighted by molar-refractivity contribution is -0.120. The van der Waals surface area contributed by atoms with Gasteiger partial charge in [0.25, 0.3) is 10.0 Å². The third-order valence-corrected chi connectivity index (χ3v) is 7.62. The molecule has 1 amide bonds. The van der Waals surface area contributed by atoms with Crippen LogP contribution in [0.5, 0.6) is 0 Å². The van der Waals surface area contributed by atoms with Gasteiger partial charge in [-0.25, -0.2) is 27.8 Å².